The Morgan fingerprint density at radius 3 is 2.06 bits per heavy atom. The van der Waals surface area contributed by atoms with Gasteiger partial charge in [-0.1, -0.05) is 153 Å². The molecule has 0 unspecified atom stereocenters. The maximum atomic E-state index is 9.74. The largest absolute Gasteiger partial charge is 0.310 e. The van der Waals surface area contributed by atoms with Crippen molar-refractivity contribution in [2.24, 2.45) is 0 Å². The number of benzene rings is 8. The molecule has 0 aliphatic heterocycles. The van der Waals surface area contributed by atoms with Crippen molar-refractivity contribution in [3.05, 3.63) is 187 Å². The number of nitrogens with zero attached hydrogens (tertiary/aromatic N) is 1. The van der Waals surface area contributed by atoms with Crippen LogP contribution in [0.4, 0.5) is 17.1 Å². The van der Waals surface area contributed by atoms with E-state index in [4.69, 9.17) is 2.74 Å². The lowest BCUT2D eigenvalue weighted by atomic mass is 9.79. The van der Waals surface area contributed by atoms with Gasteiger partial charge in [-0.15, -0.1) is 0 Å². The molecule has 0 N–H and O–H groups in total. The van der Waals surface area contributed by atoms with Crippen molar-refractivity contribution in [2.45, 2.75) is 19.3 Å². The van der Waals surface area contributed by atoms with Crippen LogP contribution in [0, 0.1) is 0 Å². The van der Waals surface area contributed by atoms with Crippen LogP contribution in [0.5, 0.6) is 0 Å². The maximum Gasteiger partial charge on any atom is 0.0651 e. The Bertz CT molecular complexity index is 2920. The molecule has 1 aliphatic rings. The molecule has 0 amide bonds. The smallest absolute Gasteiger partial charge is 0.0651 e. The van der Waals surface area contributed by atoms with Gasteiger partial charge in [0.15, 0.2) is 0 Å². The summed E-state index contributed by atoms with van der Waals surface area (Å²) < 4.78 is 75.8. The van der Waals surface area contributed by atoms with Crippen molar-refractivity contribution in [3.8, 4) is 33.4 Å². The molecule has 0 saturated heterocycles. The van der Waals surface area contributed by atoms with Crippen molar-refractivity contribution < 1.29 is 11.0 Å². The summed E-state index contributed by atoms with van der Waals surface area (Å²) in [4.78, 5) is 1.44. The zero-order valence-electron chi connectivity index (χ0n) is 34.6. The van der Waals surface area contributed by atoms with Crippen molar-refractivity contribution in [1.82, 2.24) is 0 Å². The number of rotatable bonds is 5. The molecule has 0 fully saturated rings. The van der Waals surface area contributed by atoms with Crippen molar-refractivity contribution >= 4 is 38.6 Å². The van der Waals surface area contributed by atoms with Crippen LogP contribution in [0.15, 0.2) is 176 Å². The van der Waals surface area contributed by atoms with Gasteiger partial charge in [0.25, 0.3) is 0 Å². The standard InChI is InChI=1S/C47H35N/c1-47(2)44-22-8-7-19-42(44)43-21-11-20-41(46(43)47)34-26-28-38(29-27-34)48(45-23-10-15-33-13-5-6-18-40(33)45)39-17-9-16-36(31-39)37-25-24-32-12-3-4-14-35(32)30-37/h3-31H,1-2H3/i9D,16D,17D,26D,27D,28D,29D,31D. The minimum atomic E-state index is -0.485. The predicted octanol–water partition coefficient (Wildman–Crippen LogP) is 13.1. The summed E-state index contributed by atoms with van der Waals surface area (Å²) in [5.41, 5.74) is 5.18. The van der Waals surface area contributed by atoms with E-state index in [0.717, 1.165) is 38.4 Å². The summed E-state index contributed by atoms with van der Waals surface area (Å²) in [5, 5.41) is 3.35. The van der Waals surface area contributed by atoms with E-state index in [1.807, 2.05) is 97.1 Å². The van der Waals surface area contributed by atoms with Crippen molar-refractivity contribution in [2.75, 3.05) is 4.90 Å². The van der Waals surface area contributed by atoms with E-state index < -0.39 is 17.5 Å². The third-order valence-electron chi connectivity index (χ3n) is 9.57. The molecule has 0 spiro atoms. The van der Waals surface area contributed by atoms with E-state index in [-0.39, 0.29) is 58.8 Å². The van der Waals surface area contributed by atoms with E-state index in [1.54, 1.807) is 18.2 Å². The highest BCUT2D eigenvalue weighted by molar-refractivity contribution is 5.99. The Morgan fingerprint density at radius 1 is 0.500 bits per heavy atom. The van der Waals surface area contributed by atoms with Gasteiger partial charge in [-0.2, -0.15) is 0 Å². The quantitative estimate of drug-likeness (QED) is 0.185. The lowest BCUT2D eigenvalue weighted by molar-refractivity contribution is 0.662. The topological polar surface area (TPSA) is 3.24 Å². The summed E-state index contributed by atoms with van der Waals surface area (Å²) in [6.07, 6.45) is 0. The summed E-state index contributed by atoms with van der Waals surface area (Å²) in [5.74, 6) is 0. The first-order valence-electron chi connectivity index (χ1n) is 20.1. The normalized spacial score (nSPS) is 15.3. The summed E-state index contributed by atoms with van der Waals surface area (Å²) >= 11 is 0. The summed E-state index contributed by atoms with van der Waals surface area (Å²) in [6, 6.07) is 37.6. The number of fused-ring (bicyclic) bond motifs is 5. The highest BCUT2D eigenvalue weighted by atomic mass is 15.1. The van der Waals surface area contributed by atoms with E-state index in [9.17, 15) is 8.22 Å². The monoisotopic (exact) mass is 621 g/mol. The van der Waals surface area contributed by atoms with Crippen molar-refractivity contribution in [1.29, 1.82) is 0 Å². The Labute approximate surface area is 293 Å². The zero-order valence-corrected chi connectivity index (χ0v) is 26.6. The fraction of sp³-hybridized carbons (Fsp3) is 0.0638. The molecule has 0 aromatic heterocycles. The van der Waals surface area contributed by atoms with E-state index in [2.05, 4.69) is 26.0 Å². The minimum absolute atomic E-state index is 0.115. The number of hydrogen-bond donors (Lipinski definition) is 0. The highest BCUT2D eigenvalue weighted by Crippen LogP contribution is 2.52. The van der Waals surface area contributed by atoms with Crippen LogP contribution in [0.25, 0.3) is 54.9 Å². The van der Waals surface area contributed by atoms with Crippen molar-refractivity contribution in [3.63, 3.8) is 0 Å². The van der Waals surface area contributed by atoms with Gasteiger partial charge in [0.05, 0.1) is 16.7 Å². The highest BCUT2D eigenvalue weighted by Gasteiger charge is 2.37. The predicted molar refractivity (Wildman–Crippen MR) is 205 cm³/mol. The second-order valence-electron chi connectivity index (χ2n) is 12.7. The Hall–Kier alpha value is -5.92. The molecular formula is C47H35N. The molecule has 8 aromatic rings. The molecular weight excluding hydrogens is 579 g/mol. The molecule has 8 aromatic carbocycles. The van der Waals surface area contributed by atoms with Crippen LogP contribution < -0.4 is 4.90 Å². The van der Waals surface area contributed by atoms with Gasteiger partial charge >= 0.3 is 0 Å². The average Bonchev–Trinajstić information content (AvgIpc) is 3.45. The van der Waals surface area contributed by atoms with Gasteiger partial charge in [-0.25, -0.2) is 0 Å². The van der Waals surface area contributed by atoms with Gasteiger partial charge in [0.2, 0.25) is 0 Å². The third kappa shape index (κ3) is 4.54. The molecule has 0 radical (unpaired) electrons. The van der Waals surface area contributed by atoms with Gasteiger partial charge in [-0.3, -0.25) is 0 Å². The van der Waals surface area contributed by atoms with Crippen LogP contribution in [-0.2, 0) is 5.41 Å². The van der Waals surface area contributed by atoms with Gasteiger partial charge in [0.1, 0.15) is 0 Å². The number of hydrogen-bond acceptors (Lipinski definition) is 1. The van der Waals surface area contributed by atoms with Crippen LogP contribution >= 0.6 is 0 Å². The molecule has 0 atom stereocenters. The van der Waals surface area contributed by atoms with Crippen LogP contribution in [0.1, 0.15) is 35.9 Å². The first kappa shape index (κ1) is 21.1. The lowest BCUT2D eigenvalue weighted by Gasteiger charge is -2.28. The SMILES string of the molecule is [2H]c1c([2H])c(-c2ccc3ccccc3c2)c([2H])c(N(c2c([2H])c([2H])c(-c3cccc4c3C(C)(C)c3ccccc3-4)c([2H])c2[2H])c2cccc3ccccc23)c1[2H]. The molecule has 9 rings (SSSR count). The lowest BCUT2D eigenvalue weighted by Crippen LogP contribution is -2.16. The minimum Gasteiger partial charge on any atom is -0.310 e. The fourth-order valence-corrected chi connectivity index (χ4v) is 7.30. The molecule has 1 nitrogen and oxygen atoms in total. The number of anilines is 3. The molecule has 1 aliphatic carbocycles. The van der Waals surface area contributed by atoms with E-state index >= 15 is 0 Å². The van der Waals surface area contributed by atoms with Gasteiger partial charge in [0, 0.05) is 22.2 Å². The fourth-order valence-electron chi connectivity index (χ4n) is 7.30. The Morgan fingerprint density at radius 2 is 1.19 bits per heavy atom. The van der Waals surface area contributed by atoms with Crippen LogP contribution in [0.3, 0.4) is 0 Å². The second-order valence-corrected chi connectivity index (χ2v) is 12.7. The zero-order chi connectivity index (χ0) is 39.2. The van der Waals surface area contributed by atoms with Gasteiger partial charge < -0.3 is 4.90 Å². The van der Waals surface area contributed by atoms with E-state index in [0.29, 0.717) is 22.2 Å². The molecule has 0 saturated carbocycles. The van der Waals surface area contributed by atoms with Gasteiger partial charge in [-0.05, 0) is 97.0 Å². The average molecular weight is 622 g/mol. The Balaban J connectivity index is 1.35. The van der Waals surface area contributed by atoms with Crippen LogP contribution in [0.2, 0.25) is 0 Å². The maximum absolute atomic E-state index is 9.74. The molecule has 228 valence electrons. The van der Waals surface area contributed by atoms with E-state index in [1.165, 1.54) is 4.90 Å². The molecule has 48 heavy (non-hydrogen) atoms. The molecule has 0 heterocycles. The third-order valence-corrected chi connectivity index (χ3v) is 9.57. The van der Waals surface area contributed by atoms with Crippen LogP contribution in [-0.4, -0.2) is 0 Å². The summed E-state index contributed by atoms with van der Waals surface area (Å²) in [6.45, 7) is 4.22. The molecule has 0 bridgehead atoms. The second kappa shape index (κ2) is 11.1. The Kier molecular flexibility index (Phi) is 4.87. The first-order chi connectivity index (χ1) is 26.9. The first-order valence-corrected chi connectivity index (χ1v) is 16.1. The summed E-state index contributed by atoms with van der Waals surface area (Å²) in [7, 11) is 0. The molecule has 1 heteroatoms.